The zero-order valence-electron chi connectivity index (χ0n) is 14.9. The predicted octanol–water partition coefficient (Wildman–Crippen LogP) is 4.33. The van der Waals surface area contributed by atoms with Crippen LogP contribution in [0.2, 0.25) is 0 Å². The summed E-state index contributed by atoms with van der Waals surface area (Å²) in [4.78, 5) is 10.8. The van der Waals surface area contributed by atoms with Crippen LogP contribution in [0.15, 0.2) is 48.5 Å². The Hall–Kier alpha value is -2.33. The summed E-state index contributed by atoms with van der Waals surface area (Å²) in [6.07, 6.45) is 0. The molecule has 0 bridgehead atoms. The van der Waals surface area contributed by atoms with Crippen LogP contribution in [0.4, 0.5) is 10.5 Å². The van der Waals surface area contributed by atoms with E-state index < -0.39 is 6.03 Å². The van der Waals surface area contributed by atoms with E-state index in [0.29, 0.717) is 5.69 Å². The molecule has 1 atom stereocenters. The summed E-state index contributed by atoms with van der Waals surface area (Å²) in [6.45, 7) is 9.60. The molecular weight excluding hydrogens is 298 g/mol. The van der Waals surface area contributed by atoms with E-state index in [2.05, 4.69) is 62.6 Å². The van der Waals surface area contributed by atoms with Crippen LogP contribution < -0.4 is 16.4 Å². The lowest BCUT2D eigenvalue weighted by molar-refractivity contribution is 0.259. The highest BCUT2D eigenvalue weighted by molar-refractivity contribution is 5.87. The van der Waals surface area contributed by atoms with Gasteiger partial charge >= 0.3 is 6.03 Å². The van der Waals surface area contributed by atoms with Crippen molar-refractivity contribution in [3.05, 3.63) is 65.2 Å². The predicted molar refractivity (Wildman–Crippen MR) is 100 cm³/mol. The van der Waals surface area contributed by atoms with Gasteiger partial charge in [0.05, 0.1) is 0 Å². The average molecular weight is 325 g/mol. The molecule has 0 aliphatic heterocycles. The minimum Gasteiger partial charge on any atom is -0.351 e. The molecule has 4 heteroatoms. The van der Waals surface area contributed by atoms with Gasteiger partial charge in [-0.25, -0.2) is 4.79 Å². The van der Waals surface area contributed by atoms with Gasteiger partial charge in [-0.3, -0.25) is 0 Å². The molecule has 2 amide bonds. The lowest BCUT2D eigenvalue weighted by Gasteiger charge is -2.20. The molecule has 2 aromatic rings. The first-order chi connectivity index (χ1) is 11.3. The molecule has 128 valence electrons. The van der Waals surface area contributed by atoms with Gasteiger partial charge in [-0.1, -0.05) is 57.2 Å². The van der Waals surface area contributed by atoms with Gasteiger partial charge in [-0.15, -0.1) is 0 Å². The number of hydrogen-bond donors (Lipinski definition) is 3. The number of rotatable bonds is 5. The Labute approximate surface area is 144 Å². The first-order valence-corrected chi connectivity index (χ1v) is 8.25. The number of urea groups is 1. The van der Waals surface area contributed by atoms with Crippen molar-refractivity contribution in [2.45, 2.75) is 45.7 Å². The van der Waals surface area contributed by atoms with Gasteiger partial charge in [-0.05, 0) is 41.2 Å². The number of anilines is 1. The third-order valence-corrected chi connectivity index (χ3v) is 4.11. The smallest absolute Gasteiger partial charge is 0.316 e. The van der Waals surface area contributed by atoms with Crippen LogP contribution in [0, 0.1) is 0 Å². The number of benzene rings is 2. The second-order valence-corrected chi connectivity index (χ2v) is 7.16. The molecule has 0 aliphatic carbocycles. The molecule has 1 unspecified atom stereocenters. The van der Waals surface area contributed by atoms with Crippen molar-refractivity contribution in [3.8, 4) is 0 Å². The zero-order chi connectivity index (χ0) is 17.7. The van der Waals surface area contributed by atoms with Crippen molar-refractivity contribution in [2.24, 2.45) is 5.73 Å². The fraction of sp³-hybridized carbons (Fsp3) is 0.350. The molecule has 4 nitrogen and oxygen atoms in total. The largest absolute Gasteiger partial charge is 0.351 e. The SMILES string of the molecule is CC(NCc1ccc(C(C)(C)C)cc1)c1ccc(NC(N)=O)cc1. The fourth-order valence-corrected chi connectivity index (χ4v) is 2.51. The zero-order valence-corrected chi connectivity index (χ0v) is 14.9. The molecule has 0 aromatic heterocycles. The monoisotopic (exact) mass is 325 g/mol. The second kappa shape index (κ2) is 7.49. The molecule has 4 N–H and O–H groups in total. The summed E-state index contributed by atoms with van der Waals surface area (Å²) in [5.74, 6) is 0. The lowest BCUT2D eigenvalue weighted by atomic mass is 9.87. The highest BCUT2D eigenvalue weighted by atomic mass is 16.2. The summed E-state index contributed by atoms with van der Waals surface area (Å²) < 4.78 is 0. The average Bonchev–Trinajstić information content (AvgIpc) is 2.52. The Balaban J connectivity index is 1.92. The number of carbonyl (C=O) groups excluding carboxylic acids is 1. The van der Waals surface area contributed by atoms with E-state index in [1.165, 1.54) is 11.1 Å². The summed E-state index contributed by atoms with van der Waals surface area (Å²) in [5, 5.41) is 6.09. The second-order valence-electron chi connectivity index (χ2n) is 7.16. The van der Waals surface area contributed by atoms with Crippen molar-refractivity contribution >= 4 is 11.7 Å². The van der Waals surface area contributed by atoms with Gasteiger partial charge in [0.15, 0.2) is 0 Å². The molecule has 0 radical (unpaired) electrons. The first kappa shape index (κ1) is 18.0. The standard InChI is InChI=1S/C20H27N3O/c1-14(16-7-11-18(12-8-16)23-19(21)24)22-13-15-5-9-17(10-6-15)20(2,3)4/h5-12,14,22H,13H2,1-4H3,(H3,21,23,24). The topological polar surface area (TPSA) is 67.2 Å². The first-order valence-electron chi connectivity index (χ1n) is 8.25. The van der Waals surface area contributed by atoms with Crippen LogP contribution in [-0.2, 0) is 12.0 Å². The van der Waals surface area contributed by atoms with Crippen molar-refractivity contribution in [1.82, 2.24) is 5.32 Å². The lowest BCUT2D eigenvalue weighted by Crippen LogP contribution is -2.20. The van der Waals surface area contributed by atoms with Gasteiger partial charge < -0.3 is 16.4 Å². The van der Waals surface area contributed by atoms with Gasteiger partial charge in [0.2, 0.25) is 0 Å². The molecule has 0 spiro atoms. The maximum Gasteiger partial charge on any atom is 0.316 e. The van der Waals surface area contributed by atoms with Crippen molar-refractivity contribution < 1.29 is 4.79 Å². The van der Waals surface area contributed by atoms with Crippen molar-refractivity contribution in [3.63, 3.8) is 0 Å². The highest BCUT2D eigenvalue weighted by Crippen LogP contribution is 2.22. The van der Waals surface area contributed by atoms with Gasteiger partial charge in [0, 0.05) is 18.3 Å². The molecule has 0 fully saturated rings. The highest BCUT2D eigenvalue weighted by Gasteiger charge is 2.13. The summed E-state index contributed by atoms with van der Waals surface area (Å²) in [7, 11) is 0. The fourth-order valence-electron chi connectivity index (χ4n) is 2.51. The molecule has 0 saturated carbocycles. The number of hydrogen-bond acceptors (Lipinski definition) is 2. The Kier molecular flexibility index (Phi) is 5.62. The van der Waals surface area contributed by atoms with E-state index in [4.69, 9.17) is 5.73 Å². The normalized spacial score (nSPS) is 12.7. The third kappa shape index (κ3) is 5.10. The summed E-state index contributed by atoms with van der Waals surface area (Å²) in [6, 6.07) is 16.1. The van der Waals surface area contributed by atoms with Crippen molar-refractivity contribution in [2.75, 3.05) is 5.32 Å². The van der Waals surface area contributed by atoms with Gasteiger partial charge in [-0.2, -0.15) is 0 Å². The molecule has 2 aromatic carbocycles. The summed E-state index contributed by atoms with van der Waals surface area (Å²) >= 11 is 0. The number of carbonyl (C=O) groups is 1. The third-order valence-electron chi connectivity index (χ3n) is 4.11. The Morgan fingerprint density at radius 2 is 1.62 bits per heavy atom. The van der Waals surface area contributed by atoms with E-state index in [1.54, 1.807) is 0 Å². The Morgan fingerprint density at radius 3 is 2.12 bits per heavy atom. The molecule has 24 heavy (non-hydrogen) atoms. The van der Waals surface area contributed by atoms with Crippen LogP contribution in [-0.4, -0.2) is 6.03 Å². The van der Waals surface area contributed by atoms with E-state index in [9.17, 15) is 4.79 Å². The van der Waals surface area contributed by atoms with Gasteiger partial charge in [0.1, 0.15) is 0 Å². The molecule has 2 rings (SSSR count). The van der Waals surface area contributed by atoms with Crippen LogP contribution in [0.1, 0.15) is 50.4 Å². The van der Waals surface area contributed by atoms with Crippen molar-refractivity contribution in [1.29, 1.82) is 0 Å². The van der Waals surface area contributed by atoms with Crippen LogP contribution in [0.3, 0.4) is 0 Å². The number of nitrogens with one attached hydrogen (secondary N) is 2. The molecule has 0 heterocycles. The van der Waals surface area contributed by atoms with E-state index in [1.807, 2.05) is 24.3 Å². The maximum absolute atomic E-state index is 10.8. The maximum atomic E-state index is 10.8. The quantitative estimate of drug-likeness (QED) is 0.766. The summed E-state index contributed by atoms with van der Waals surface area (Å²) in [5.41, 5.74) is 9.77. The minimum absolute atomic E-state index is 0.180. The van der Waals surface area contributed by atoms with Crippen LogP contribution in [0.5, 0.6) is 0 Å². The number of primary amides is 1. The Morgan fingerprint density at radius 1 is 1.04 bits per heavy atom. The minimum atomic E-state index is -0.548. The molecule has 0 saturated heterocycles. The van der Waals surface area contributed by atoms with Crippen LogP contribution in [0.25, 0.3) is 0 Å². The number of nitrogens with two attached hydrogens (primary N) is 1. The molecule has 0 aliphatic rings. The van der Waals surface area contributed by atoms with E-state index >= 15 is 0 Å². The van der Waals surface area contributed by atoms with Gasteiger partial charge in [0.25, 0.3) is 0 Å². The Bertz CT molecular complexity index is 670. The number of amides is 2. The van der Waals surface area contributed by atoms with E-state index in [0.717, 1.165) is 12.1 Å². The van der Waals surface area contributed by atoms with E-state index in [-0.39, 0.29) is 11.5 Å². The van der Waals surface area contributed by atoms with Crippen LogP contribution >= 0.6 is 0 Å². The molecular formula is C20H27N3O.